The molecule has 106 valence electrons. The van der Waals surface area contributed by atoms with Crippen LogP contribution in [0.15, 0.2) is 22.8 Å². The molecular formula is C13H21N3O3. The topological polar surface area (TPSA) is 83.4 Å². The smallest absolute Gasteiger partial charge is 0.315 e. The number of amides is 3. The number of hydrogen-bond acceptors (Lipinski definition) is 3. The van der Waals surface area contributed by atoms with Crippen LogP contribution < -0.4 is 16.0 Å². The summed E-state index contributed by atoms with van der Waals surface area (Å²) in [4.78, 5) is 22.8. The molecule has 0 fully saturated rings. The first kappa shape index (κ1) is 15.1. The van der Waals surface area contributed by atoms with E-state index in [4.69, 9.17) is 4.42 Å². The van der Waals surface area contributed by atoms with E-state index < -0.39 is 0 Å². The number of carbonyl (C=O) groups is 2. The molecule has 1 aromatic heterocycles. The number of hydrogen-bond donors (Lipinski definition) is 3. The Hall–Kier alpha value is -1.98. The zero-order valence-electron chi connectivity index (χ0n) is 11.4. The van der Waals surface area contributed by atoms with Gasteiger partial charge in [0.05, 0.1) is 19.4 Å². The Bertz CT molecular complexity index is 388. The minimum absolute atomic E-state index is 0.0474. The van der Waals surface area contributed by atoms with Crippen molar-refractivity contribution in [3.8, 4) is 0 Å². The van der Waals surface area contributed by atoms with Gasteiger partial charge in [0.1, 0.15) is 5.76 Å². The normalized spacial score (nSPS) is 10.3. The summed E-state index contributed by atoms with van der Waals surface area (Å²) >= 11 is 0. The van der Waals surface area contributed by atoms with Gasteiger partial charge in [-0.1, -0.05) is 13.8 Å². The first-order valence-corrected chi connectivity index (χ1v) is 6.38. The summed E-state index contributed by atoms with van der Waals surface area (Å²) in [6.45, 7) is 5.05. The predicted octanol–water partition coefficient (Wildman–Crippen LogP) is 1.24. The van der Waals surface area contributed by atoms with E-state index in [-0.39, 0.29) is 18.5 Å². The van der Waals surface area contributed by atoms with Crippen molar-refractivity contribution in [2.24, 2.45) is 5.92 Å². The third kappa shape index (κ3) is 7.13. The summed E-state index contributed by atoms with van der Waals surface area (Å²) in [6, 6.07) is 3.20. The monoisotopic (exact) mass is 267 g/mol. The van der Waals surface area contributed by atoms with Crippen molar-refractivity contribution < 1.29 is 14.0 Å². The molecule has 0 aliphatic carbocycles. The fourth-order valence-corrected chi connectivity index (χ4v) is 1.36. The van der Waals surface area contributed by atoms with E-state index >= 15 is 0 Å². The molecule has 0 aliphatic rings. The van der Waals surface area contributed by atoms with Crippen molar-refractivity contribution in [3.63, 3.8) is 0 Å². The molecule has 6 nitrogen and oxygen atoms in total. The average molecular weight is 267 g/mol. The molecule has 0 aromatic carbocycles. The zero-order chi connectivity index (χ0) is 14.1. The second-order valence-electron chi connectivity index (χ2n) is 4.65. The van der Waals surface area contributed by atoms with E-state index in [0.29, 0.717) is 24.8 Å². The van der Waals surface area contributed by atoms with Crippen molar-refractivity contribution in [3.05, 3.63) is 24.2 Å². The van der Waals surface area contributed by atoms with E-state index in [1.54, 1.807) is 18.4 Å². The highest BCUT2D eigenvalue weighted by Crippen LogP contribution is 1.98. The summed E-state index contributed by atoms with van der Waals surface area (Å²) in [7, 11) is 0. The zero-order valence-corrected chi connectivity index (χ0v) is 11.4. The second-order valence-corrected chi connectivity index (χ2v) is 4.65. The third-order valence-electron chi connectivity index (χ3n) is 2.46. The largest absolute Gasteiger partial charge is 0.467 e. The second kappa shape index (κ2) is 8.18. The minimum atomic E-state index is -0.325. The molecule has 19 heavy (non-hydrogen) atoms. The van der Waals surface area contributed by atoms with Gasteiger partial charge in [-0.2, -0.15) is 0 Å². The van der Waals surface area contributed by atoms with Crippen molar-refractivity contribution in [1.82, 2.24) is 16.0 Å². The van der Waals surface area contributed by atoms with Gasteiger partial charge in [-0.3, -0.25) is 4.79 Å². The SMILES string of the molecule is CC(C)CCNC(=O)NCC(=O)NCc1ccco1. The molecule has 0 saturated heterocycles. The molecule has 1 aromatic rings. The lowest BCUT2D eigenvalue weighted by molar-refractivity contribution is -0.120. The molecule has 0 unspecified atom stereocenters. The van der Waals surface area contributed by atoms with Crippen LogP contribution in [0.3, 0.4) is 0 Å². The molecule has 1 heterocycles. The van der Waals surface area contributed by atoms with Crippen LogP contribution in [0.4, 0.5) is 4.79 Å². The van der Waals surface area contributed by atoms with E-state index in [0.717, 1.165) is 6.42 Å². The van der Waals surface area contributed by atoms with Gasteiger partial charge >= 0.3 is 6.03 Å². The van der Waals surface area contributed by atoms with Gasteiger partial charge in [-0.05, 0) is 24.5 Å². The maximum atomic E-state index is 11.4. The number of urea groups is 1. The van der Waals surface area contributed by atoms with Gasteiger partial charge in [0, 0.05) is 6.54 Å². The van der Waals surface area contributed by atoms with Crippen LogP contribution >= 0.6 is 0 Å². The number of furan rings is 1. The quantitative estimate of drug-likeness (QED) is 0.695. The maximum absolute atomic E-state index is 11.4. The first-order valence-electron chi connectivity index (χ1n) is 6.38. The van der Waals surface area contributed by atoms with Crippen LogP contribution in [-0.2, 0) is 11.3 Å². The van der Waals surface area contributed by atoms with Crippen molar-refractivity contribution in [1.29, 1.82) is 0 Å². The molecule has 1 rings (SSSR count). The van der Waals surface area contributed by atoms with Gasteiger partial charge in [0.2, 0.25) is 5.91 Å². The number of nitrogens with one attached hydrogen (secondary N) is 3. The van der Waals surface area contributed by atoms with Crippen LogP contribution in [0.5, 0.6) is 0 Å². The Balaban J connectivity index is 2.07. The molecule has 0 aliphatic heterocycles. The Morgan fingerprint density at radius 3 is 2.68 bits per heavy atom. The molecule has 6 heteroatoms. The van der Waals surface area contributed by atoms with E-state index in [9.17, 15) is 9.59 Å². The molecule has 0 bridgehead atoms. The van der Waals surface area contributed by atoms with E-state index in [2.05, 4.69) is 29.8 Å². The summed E-state index contributed by atoms with van der Waals surface area (Å²) in [5, 5.41) is 7.82. The highest BCUT2D eigenvalue weighted by atomic mass is 16.3. The predicted molar refractivity (Wildman–Crippen MR) is 71.4 cm³/mol. The molecule has 0 spiro atoms. The Morgan fingerprint density at radius 2 is 2.05 bits per heavy atom. The molecule has 3 amide bonds. The highest BCUT2D eigenvalue weighted by Gasteiger charge is 2.05. The van der Waals surface area contributed by atoms with E-state index in [1.807, 2.05) is 0 Å². The van der Waals surface area contributed by atoms with Crippen LogP contribution in [-0.4, -0.2) is 25.0 Å². The number of rotatable bonds is 7. The standard InChI is InChI=1S/C13H21N3O3/c1-10(2)5-6-14-13(18)16-9-12(17)15-8-11-4-3-7-19-11/h3-4,7,10H,5-6,8-9H2,1-2H3,(H,15,17)(H2,14,16,18). The maximum Gasteiger partial charge on any atom is 0.315 e. The van der Waals surface area contributed by atoms with Gasteiger partial charge < -0.3 is 20.4 Å². The Labute approximate surface area is 112 Å². The van der Waals surface area contributed by atoms with Gasteiger partial charge in [0.25, 0.3) is 0 Å². The van der Waals surface area contributed by atoms with Crippen molar-refractivity contribution in [2.75, 3.05) is 13.1 Å². The van der Waals surface area contributed by atoms with Crippen molar-refractivity contribution in [2.45, 2.75) is 26.8 Å². The summed E-state index contributed by atoms with van der Waals surface area (Å²) in [5.74, 6) is 0.960. The van der Waals surface area contributed by atoms with Crippen LogP contribution in [0.25, 0.3) is 0 Å². The van der Waals surface area contributed by atoms with E-state index in [1.165, 1.54) is 0 Å². The summed E-state index contributed by atoms with van der Waals surface area (Å²) < 4.78 is 5.07. The lowest BCUT2D eigenvalue weighted by atomic mass is 10.1. The van der Waals surface area contributed by atoms with Gasteiger partial charge in [-0.25, -0.2) is 4.79 Å². The minimum Gasteiger partial charge on any atom is -0.467 e. The van der Waals surface area contributed by atoms with Gasteiger partial charge in [-0.15, -0.1) is 0 Å². The first-order chi connectivity index (χ1) is 9.08. The van der Waals surface area contributed by atoms with Gasteiger partial charge in [0.15, 0.2) is 0 Å². The molecule has 3 N–H and O–H groups in total. The molecule has 0 atom stereocenters. The van der Waals surface area contributed by atoms with Crippen LogP contribution in [0.2, 0.25) is 0 Å². The molecular weight excluding hydrogens is 246 g/mol. The Morgan fingerprint density at radius 1 is 1.26 bits per heavy atom. The number of carbonyl (C=O) groups excluding carboxylic acids is 2. The fourth-order valence-electron chi connectivity index (χ4n) is 1.36. The third-order valence-corrected chi connectivity index (χ3v) is 2.46. The Kier molecular flexibility index (Phi) is 6.49. The summed E-state index contributed by atoms with van der Waals surface area (Å²) in [6.07, 6.45) is 2.46. The molecule has 0 saturated carbocycles. The lowest BCUT2D eigenvalue weighted by Crippen LogP contribution is -2.42. The lowest BCUT2D eigenvalue weighted by Gasteiger charge is -2.09. The van der Waals surface area contributed by atoms with Crippen molar-refractivity contribution >= 4 is 11.9 Å². The van der Waals surface area contributed by atoms with Crippen LogP contribution in [0, 0.1) is 5.92 Å². The fraction of sp³-hybridized carbons (Fsp3) is 0.538. The highest BCUT2D eigenvalue weighted by molar-refractivity contribution is 5.83. The average Bonchev–Trinajstić information content (AvgIpc) is 2.86. The van der Waals surface area contributed by atoms with Crippen LogP contribution in [0.1, 0.15) is 26.0 Å². The molecule has 0 radical (unpaired) electrons. The summed E-state index contributed by atoms with van der Waals surface area (Å²) in [5.41, 5.74) is 0.